The lowest BCUT2D eigenvalue weighted by Gasteiger charge is -2.12. The maximum absolute atomic E-state index is 12.0. The van der Waals surface area contributed by atoms with Crippen molar-refractivity contribution in [3.05, 3.63) is 54.0 Å². The maximum atomic E-state index is 12.0. The molecule has 0 amide bonds. The lowest BCUT2D eigenvalue weighted by Crippen LogP contribution is -2.18. The third-order valence-electron chi connectivity index (χ3n) is 2.74. The molecule has 1 atom stereocenters. The summed E-state index contributed by atoms with van der Waals surface area (Å²) in [6.07, 6.45) is -3.07. The molecule has 0 aliphatic rings. The van der Waals surface area contributed by atoms with Crippen molar-refractivity contribution in [2.45, 2.75) is 25.9 Å². The summed E-state index contributed by atoms with van der Waals surface area (Å²) in [5.41, 5.74) is 0.859. The van der Waals surface area contributed by atoms with Crippen LogP contribution in [-0.2, 0) is 6.54 Å². The van der Waals surface area contributed by atoms with Gasteiger partial charge in [0.2, 0.25) is 0 Å². The zero-order valence-corrected chi connectivity index (χ0v) is 10.8. The molecule has 0 aliphatic carbocycles. The van der Waals surface area contributed by atoms with Gasteiger partial charge in [-0.3, -0.25) is 0 Å². The summed E-state index contributed by atoms with van der Waals surface area (Å²) < 4.78 is 45.1. The number of ether oxygens (including phenoxy) is 1. The van der Waals surface area contributed by atoms with Gasteiger partial charge in [-0.25, -0.2) is 0 Å². The molecule has 0 unspecified atom stereocenters. The van der Waals surface area contributed by atoms with E-state index in [9.17, 15) is 13.2 Å². The minimum atomic E-state index is -4.66. The van der Waals surface area contributed by atoms with Crippen molar-refractivity contribution < 1.29 is 22.3 Å². The van der Waals surface area contributed by atoms with Gasteiger partial charge in [0, 0.05) is 6.54 Å². The average Bonchev–Trinajstić information content (AvgIpc) is 2.89. The average molecular weight is 285 g/mol. The van der Waals surface area contributed by atoms with E-state index in [0.29, 0.717) is 6.54 Å². The summed E-state index contributed by atoms with van der Waals surface area (Å²) in [5, 5.41) is 3.21. The number of nitrogens with one attached hydrogen (secondary N) is 1. The molecule has 3 nitrogen and oxygen atoms in total. The Morgan fingerprint density at radius 1 is 1.20 bits per heavy atom. The fraction of sp³-hybridized carbons (Fsp3) is 0.286. The van der Waals surface area contributed by atoms with Crippen LogP contribution in [0, 0.1) is 0 Å². The zero-order valence-electron chi connectivity index (χ0n) is 10.8. The second-order valence-electron chi connectivity index (χ2n) is 4.31. The molecule has 1 heterocycles. The minimum absolute atomic E-state index is 0.0242. The number of benzene rings is 1. The first-order valence-electron chi connectivity index (χ1n) is 6.05. The molecule has 20 heavy (non-hydrogen) atoms. The molecule has 0 aliphatic heterocycles. The van der Waals surface area contributed by atoms with Gasteiger partial charge >= 0.3 is 6.36 Å². The van der Waals surface area contributed by atoms with Gasteiger partial charge in [-0.1, -0.05) is 12.1 Å². The van der Waals surface area contributed by atoms with Crippen LogP contribution in [0.5, 0.6) is 5.75 Å². The van der Waals surface area contributed by atoms with Gasteiger partial charge < -0.3 is 14.5 Å². The fourth-order valence-corrected chi connectivity index (χ4v) is 1.72. The zero-order chi connectivity index (χ0) is 14.6. The first-order valence-corrected chi connectivity index (χ1v) is 6.05. The molecule has 1 aromatic carbocycles. The van der Waals surface area contributed by atoms with E-state index in [4.69, 9.17) is 4.42 Å². The highest BCUT2D eigenvalue weighted by molar-refractivity contribution is 5.27. The smallest absolute Gasteiger partial charge is 0.468 e. The topological polar surface area (TPSA) is 34.4 Å². The Bertz CT molecular complexity index is 520. The molecule has 0 radical (unpaired) electrons. The molecule has 6 heteroatoms. The quantitative estimate of drug-likeness (QED) is 0.900. The number of alkyl halides is 3. The van der Waals surface area contributed by atoms with E-state index < -0.39 is 6.36 Å². The molecule has 2 aromatic rings. The molecule has 1 N–H and O–H groups in total. The highest BCUT2D eigenvalue weighted by Gasteiger charge is 2.30. The van der Waals surface area contributed by atoms with Gasteiger partial charge in [-0.15, -0.1) is 13.2 Å². The summed E-state index contributed by atoms with van der Waals surface area (Å²) in [4.78, 5) is 0. The first kappa shape index (κ1) is 14.5. The third kappa shape index (κ3) is 4.31. The lowest BCUT2D eigenvalue weighted by atomic mass is 10.2. The van der Waals surface area contributed by atoms with Crippen molar-refractivity contribution in [2.24, 2.45) is 0 Å². The minimum Gasteiger partial charge on any atom is -0.468 e. The Morgan fingerprint density at radius 3 is 2.45 bits per heavy atom. The normalized spacial score (nSPS) is 13.2. The Kier molecular flexibility index (Phi) is 4.34. The van der Waals surface area contributed by atoms with Crippen molar-refractivity contribution in [2.75, 3.05) is 0 Å². The number of furan rings is 1. The molecule has 0 bridgehead atoms. The predicted molar refractivity (Wildman–Crippen MR) is 67.1 cm³/mol. The summed E-state index contributed by atoms with van der Waals surface area (Å²) in [7, 11) is 0. The van der Waals surface area contributed by atoms with Crippen LogP contribution in [0.15, 0.2) is 47.1 Å². The number of halogens is 3. The highest BCUT2D eigenvalue weighted by Crippen LogP contribution is 2.23. The van der Waals surface area contributed by atoms with E-state index in [1.54, 1.807) is 24.5 Å². The Labute approximate surface area is 114 Å². The van der Waals surface area contributed by atoms with Gasteiger partial charge in [-0.05, 0) is 36.8 Å². The second-order valence-corrected chi connectivity index (χ2v) is 4.31. The van der Waals surface area contributed by atoms with Crippen LogP contribution in [0.4, 0.5) is 13.2 Å². The van der Waals surface area contributed by atoms with Crippen LogP contribution in [0.25, 0.3) is 0 Å². The lowest BCUT2D eigenvalue weighted by molar-refractivity contribution is -0.274. The Morgan fingerprint density at radius 2 is 1.90 bits per heavy atom. The molecule has 0 saturated heterocycles. The van der Waals surface area contributed by atoms with Gasteiger partial charge in [0.1, 0.15) is 11.5 Å². The molecule has 1 aromatic heterocycles. The van der Waals surface area contributed by atoms with E-state index in [1.165, 1.54) is 12.1 Å². The molecule has 0 saturated carbocycles. The van der Waals surface area contributed by atoms with Gasteiger partial charge in [0.25, 0.3) is 0 Å². The first-order chi connectivity index (χ1) is 9.44. The third-order valence-corrected chi connectivity index (χ3v) is 2.74. The van der Waals surface area contributed by atoms with Crippen molar-refractivity contribution >= 4 is 0 Å². The summed E-state index contributed by atoms with van der Waals surface area (Å²) >= 11 is 0. The molecular formula is C14H14F3NO2. The molecule has 0 fully saturated rings. The van der Waals surface area contributed by atoms with Crippen LogP contribution in [0.3, 0.4) is 0 Å². The van der Waals surface area contributed by atoms with E-state index in [1.807, 2.05) is 13.0 Å². The summed E-state index contributed by atoms with van der Waals surface area (Å²) in [6, 6.07) is 9.45. The molecule has 2 rings (SSSR count). The predicted octanol–water partition coefficient (Wildman–Crippen LogP) is 4.03. The van der Waals surface area contributed by atoms with Crippen LogP contribution < -0.4 is 10.1 Å². The van der Waals surface area contributed by atoms with Crippen LogP contribution in [-0.4, -0.2) is 6.36 Å². The number of hydrogen-bond donors (Lipinski definition) is 1. The van der Waals surface area contributed by atoms with E-state index >= 15 is 0 Å². The Balaban J connectivity index is 1.88. The molecular weight excluding hydrogens is 271 g/mol. The van der Waals surface area contributed by atoms with Crippen molar-refractivity contribution in [3.8, 4) is 5.75 Å². The van der Waals surface area contributed by atoms with E-state index in [-0.39, 0.29) is 11.8 Å². The number of rotatable bonds is 5. The fourth-order valence-electron chi connectivity index (χ4n) is 1.72. The van der Waals surface area contributed by atoms with E-state index in [2.05, 4.69) is 10.1 Å². The van der Waals surface area contributed by atoms with Crippen molar-refractivity contribution in [1.82, 2.24) is 5.32 Å². The standard InChI is InChI=1S/C14H14F3NO2/c1-10(13-3-2-8-19-13)18-9-11-4-6-12(7-5-11)20-14(15,16)17/h2-8,10,18H,9H2,1H3/t10-/m1/s1. The van der Waals surface area contributed by atoms with Crippen molar-refractivity contribution in [3.63, 3.8) is 0 Å². The van der Waals surface area contributed by atoms with Gasteiger partial charge in [-0.2, -0.15) is 0 Å². The maximum Gasteiger partial charge on any atom is 0.573 e. The van der Waals surface area contributed by atoms with Gasteiger partial charge in [0.15, 0.2) is 0 Å². The summed E-state index contributed by atoms with van der Waals surface area (Å²) in [5.74, 6) is 0.586. The van der Waals surface area contributed by atoms with Crippen LogP contribution in [0.2, 0.25) is 0 Å². The van der Waals surface area contributed by atoms with E-state index in [0.717, 1.165) is 11.3 Å². The molecule has 108 valence electrons. The van der Waals surface area contributed by atoms with Crippen LogP contribution >= 0.6 is 0 Å². The number of hydrogen-bond acceptors (Lipinski definition) is 3. The largest absolute Gasteiger partial charge is 0.573 e. The summed E-state index contributed by atoms with van der Waals surface area (Å²) in [6.45, 7) is 2.47. The highest BCUT2D eigenvalue weighted by atomic mass is 19.4. The van der Waals surface area contributed by atoms with Gasteiger partial charge in [0.05, 0.1) is 12.3 Å². The monoisotopic (exact) mass is 285 g/mol. The van der Waals surface area contributed by atoms with Crippen molar-refractivity contribution in [1.29, 1.82) is 0 Å². The Hall–Kier alpha value is -1.95. The molecule has 0 spiro atoms. The SMILES string of the molecule is C[C@@H](NCc1ccc(OC(F)(F)F)cc1)c1ccco1. The van der Waals surface area contributed by atoms with Crippen LogP contribution in [0.1, 0.15) is 24.3 Å². The second kappa shape index (κ2) is 6.00.